The summed E-state index contributed by atoms with van der Waals surface area (Å²) >= 11 is 0. The van der Waals surface area contributed by atoms with Gasteiger partial charge in [-0.2, -0.15) is 0 Å². The monoisotopic (exact) mass is 391 g/mol. The van der Waals surface area contributed by atoms with E-state index in [4.69, 9.17) is 15.0 Å². The van der Waals surface area contributed by atoms with E-state index in [9.17, 15) is 0 Å². The van der Waals surface area contributed by atoms with E-state index in [0.717, 1.165) is 28.6 Å². The second-order valence-corrected chi connectivity index (χ2v) is 8.79. The van der Waals surface area contributed by atoms with Crippen molar-refractivity contribution in [3.8, 4) is 33.9 Å². The van der Waals surface area contributed by atoms with Gasteiger partial charge in [-0.3, -0.25) is 0 Å². The van der Waals surface area contributed by atoms with Gasteiger partial charge in [0.05, 0.1) is 0 Å². The minimum absolute atomic E-state index is 0.0435. The largest absolute Gasteiger partial charge is 0.213 e. The summed E-state index contributed by atoms with van der Waals surface area (Å²) < 4.78 is 0. The first-order valence-corrected chi connectivity index (χ1v) is 10.5. The summed E-state index contributed by atoms with van der Waals surface area (Å²) in [5, 5.41) is 0. The molecule has 0 radical (unpaired) electrons. The molecule has 0 fully saturated rings. The molecule has 0 N–H and O–H groups in total. The highest BCUT2D eigenvalue weighted by molar-refractivity contribution is 5.82. The predicted molar refractivity (Wildman–Crippen MR) is 122 cm³/mol. The van der Waals surface area contributed by atoms with Crippen molar-refractivity contribution in [2.75, 3.05) is 0 Å². The first-order chi connectivity index (χ1) is 14.4. The van der Waals surface area contributed by atoms with Crippen LogP contribution in [0.1, 0.15) is 50.6 Å². The summed E-state index contributed by atoms with van der Waals surface area (Å²) in [6, 6.07) is 25.5. The van der Waals surface area contributed by atoms with Crippen molar-refractivity contribution < 1.29 is 0 Å². The van der Waals surface area contributed by atoms with Gasteiger partial charge in [-0.05, 0) is 28.3 Å². The molecule has 0 saturated heterocycles. The summed E-state index contributed by atoms with van der Waals surface area (Å²) in [4.78, 5) is 14.4. The molecule has 0 amide bonds. The number of hydrogen-bond acceptors (Lipinski definition) is 3. The molecule has 1 heterocycles. The van der Waals surface area contributed by atoms with Crippen LogP contribution in [0.25, 0.3) is 33.9 Å². The average Bonchev–Trinajstić information content (AvgIpc) is 3.01. The standard InChI is InChI=1S/C27H25N3/c1-17(2)24-28-25(18-10-6-5-7-11-18)30-26(29-24)19-14-15-21-20-12-8-9-13-22(20)27(3,4)23(21)16-19/h5-17H,1-4H3. The molecule has 5 rings (SSSR count). The van der Waals surface area contributed by atoms with Crippen LogP contribution in [0.3, 0.4) is 0 Å². The predicted octanol–water partition coefficient (Wildman–Crippen LogP) is 6.64. The van der Waals surface area contributed by atoms with Gasteiger partial charge in [-0.1, -0.05) is 94.4 Å². The van der Waals surface area contributed by atoms with Crippen LogP contribution < -0.4 is 0 Å². The lowest BCUT2D eigenvalue weighted by atomic mass is 9.82. The summed E-state index contributed by atoms with van der Waals surface area (Å²) in [6.07, 6.45) is 0. The summed E-state index contributed by atoms with van der Waals surface area (Å²) in [7, 11) is 0. The lowest BCUT2D eigenvalue weighted by molar-refractivity contribution is 0.660. The van der Waals surface area contributed by atoms with Crippen molar-refractivity contribution in [1.29, 1.82) is 0 Å². The number of aromatic nitrogens is 3. The van der Waals surface area contributed by atoms with Crippen LogP contribution >= 0.6 is 0 Å². The zero-order valence-electron chi connectivity index (χ0n) is 17.8. The molecule has 0 spiro atoms. The molecule has 4 aromatic rings. The molecular weight excluding hydrogens is 366 g/mol. The quantitative estimate of drug-likeness (QED) is 0.393. The lowest BCUT2D eigenvalue weighted by Crippen LogP contribution is -2.15. The van der Waals surface area contributed by atoms with Gasteiger partial charge in [0.15, 0.2) is 11.6 Å². The fourth-order valence-corrected chi connectivity index (χ4v) is 4.34. The maximum absolute atomic E-state index is 4.86. The van der Waals surface area contributed by atoms with E-state index < -0.39 is 0 Å². The van der Waals surface area contributed by atoms with Crippen molar-refractivity contribution in [3.05, 3.63) is 89.7 Å². The lowest BCUT2D eigenvalue weighted by Gasteiger charge is -2.21. The highest BCUT2D eigenvalue weighted by Gasteiger charge is 2.35. The summed E-state index contributed by atoms with van der Waals surface area (Å²) in [6.45, 7) is 8.83. The molecule has 30 heavy (non-hydrogen) atoms. The van der Waals surface area contributed by atoms with E-state index in [-0.39, 0.29) is 11.3 Å². The van der Waals surface area contributed by atoms with Crippen molar-refractivity contribution in [2.45, 2.75) is 39.0 Å². The molecule has 0 bridgehead atoms. The van der Waals surface area contributed by atoms with E-state index in [1.165, 1.54) is 22.3 Å². The normalized spacial score (nSPS) is 13.9. The van der Waals surface area contributed by atoms with Crippen LogP contribution in [-0.2, 0) is 5.41 Å². The molecule has 1 aromatic heterocycles. The van der Waals surface area contributed by atoms with Gasteiger partial charge in [0.1, 0.15) is 5.82 Å². The van der Waals surface area contributed by atoms with E-state index in [1.54, 1.807) is 0 Å². The molecule has 3 heteroatoms. The van der Waals surface area contributed by atoms with Crippen LogP contribution in [-0.4, -0.2) is 15.0 Å². The molecule has 3 aromatic carbocycles. The Morgan fingerprint density at radius 2 is 1.27 bits per heavy atom. The van der Waals surface area contributed by atoms with Gasteiger partial charge >= 0.3 is 0 Å². The van der Waals surface area contributed by atoms with Crippen molar-refractivity contribution in [3.63, 3.8) is 0 Å². The molecule has 0 atom stereocenters. The third kappa shape index (κ3) is 2.93. The smallest absolute Gasteiger partial charge is 0.163 e. The molecule has 148 valence electrons. The Kier molecular flexibility index (Phi) is 4.28. The van der Waals surface area contributed by atoms with Gasteiger partial charge in [0.2, 0.25) is 0 Å². The number of benzene rings is 3. The Bertz CT molecular complexity index is 1240. The third-order valence-electron chi connectivity index (χ3n) is 6.04. The zero-order valence-corrected chi connectivity index (χ0v) is 17.8. The number of rotatable bonds is 3. The Labute approximate surface area is 177 Å². The minimum Gasteiger partial charge on any atom is -0.213 e. The Morgan fingerprint density at radius 3 is 2.00 bits per heavy atom. The summed E-state index contributed by atoms with van der Waals surface area (Å²) in [5.41, 5.74) is 7.34. The average molecular weight is 392 g/mol. The van der Waals surface area contributed by atoms with E-state index in [0.29, 0.717) is 0 Å². The van der Waals surface area contributed by atoms with Gasteiger partial charge in [-0.25, -0.2) is 15.0 Å². The van der Waals surface area contributed by atoms with Crippen LogP contribution in [0.15, 0.2) is 72.8 Å². The van der Waals surface area contributed by atoms with Crippen molar-refractivity contribution in [1.82, 2.24) is 15.0 Å². The maximum atomic E-state index is 4.86. The van der Waals surface area contributed by atoms with Crippen molar-refractivity contribution >= 4 is 0 Å². The van der Waals surface area contributed by atoms with E-state index >= 15 is 0 Å². The van der Waals surface area contributed by atoms with E-state index in [1.807, 2.05) is 30.3 Å². The SMILES string of the molecule is CC(C)c1nc(-c2ccccc2)nc(-c2ccc3c(c2)C(C)(C)c2ccccc2-3)n1. The van der Waals surface area contributed by atoms with Crippen LogP contribution in [0.2, 0.25) is 0 Å². The first-order valence-electron chi connectivity index (χ1n) is 10.5. The Balaban J connectivity index is 1.67. The molecule has 0 saturated carbocycles. The Hall–Kier alpha value is -3.33. The van der Waals surface area contributed by atoms with Gasteiger partial charge in [0, 0.05) is 22.5 Å². The first kappa shape index (κ1) is 18.7. The second-order valence-electron chi connectivity index (χ2n) is 8.79. The van der Waals surface area contributed by atoms with Crippen LogP contribution in [0.5, 0.6) is 0 Å². The van der Waals surface area contributed by atoms with E-state index in [2.05, 4.69) is 70.2 Å². The minimum atomic E-state index is -0.0435. The topological polar surface area (TPSA) is 38.7 Å². The van der Waals surface area contributed by atoms with Gasteiger partial charge in [0.25, 0.3) is 0 Å². The summed E-state index contributed by atoms with van der Waals surface area (Å²) in [5.74, 6) is 2.51. The highest BCUT2D eigenvalue weighted by atomic mass is 15.0. The van der Waals surface area contributed by atoms with Gasteiger partial charge in [-0.15, -0.1) is 0 Å². The third-order valence-corrected chi connectivity index (χ3v) is 6.04. The maximum Gasteiger partial charge on any atom is 0.163 e. The number of nitrogens with zero attached hydrogens (tertiary/aromatic N) is 3. The van der Waals surface area contributed by atoms with Gasteiger partial charge < -0.3 is 0 Å². The fraction of sp³-hybridized carbons (Fsp3) is 0.222. The molecule has 1 aliphatic carbocycles. The second kappa shape index (κ2) is 6.88. The molecule has 1 aliphatic rings. The molecule has 3 nitrogen and oxygen atoms in total. The number of hydrogen-bond donors (Lipinski definition) is 0. The highest BCUT2D eigenvalue weighted by Crippen LogP contribution is 2.49. The zero-order chi connectivity index (χ0) is 20.9. The molecular formula is C27H25N3. The molecule has 0 unspecified atom stereocenters. The Morgan fingerprint density at radius 1 is 0.633 bits per heavy atom. The number of fused-ring (bicyclic) bond motifs is 3. The van der Waals surface area contributed by atoms with Crippen LogP contribution in [0, 0.1) is 0 Å². The van der Waals surface area contributed by atoms with Crippen LogP contribution in [0.4, 0.5) is 0 Å². The molecule has 0 aliphatic heterocycles. The van der Waals surface area contributed by atoms with Crippen molar-refractivity contribution in [2.24, 2.45) is 0 Å². The fourth-order valence-electron chi connectivity index (χ4n) is 4.34.